The van der Waals surface area contributed by atoms with Crippen molar-refractivity contribution in [1.82, 2.24) is 0 Å². The lowest BCUT2D eigenvalue weighted by Gasteiger charge is -1.90. The first-order valence-electron chi connectivity index (χ1n) is 4.49. The molecule has 3 heteroatoms. The van der Waals surface area contributed by atoms with Gasteiger partial charge in [-0.2, -0.15) is 0 Å². The van der Waals surface area contributed by atoms with Crippen LogP contribution in [0.1, 0.15) is 5.76 Å². The number of furan rings is 1. The van der Waals surface area contributed by atoms with Gasteiger partial charge >= 0.3 is 0 Å². The van der Waals surface area contributed by atoms with Crippen LogP contribution < -0.4 is 11.2 Å². The van der Waals surface area contributed by atoms with Crippen LogP contribution in [-0.4, -0.2) is 14.4 Å². The number of hydrogen-bond acceptors (Lipinski definition) is 2. The minimum absolute atomic E-state index is 0.638. The summed E-state index contributed by atoms with van der Waals surface area (Å²) in [6.07, 6.45) is 0.813. The summed E-state index contributed by atoms with van der Waals surface area (Å²) >= 11 is 0. The van der Waals surface area contributed by atoms with E-state index in [1.807, 2.05) is 0 Å². The predicted molar refractivity (Wildman–Crippen MR) is 57.2 cm³/mol. The van der Waals surface area contributed by atoms with Gasteiger partial charge in [0, 0.05) is 11.8 Å². The third-order valence-electron chi connectivity index (χ3n) is 2.12. The Morgan fingerprint density at radius 1 is 1.31 bits per heavy atom. The molecule has 13 heavy (non-hydrogen) atoms. The predicted octanol–water partition coefficient (Wildman–Crippen LogP) is 0.192. The second kappa shape index (κ2) is 3.26. The van der Waals surface area contributed by atoms with Crippen molar-refractivity contribution in [3.8, 4) is 0 Å². The van der Waals surface area contributed by atoms with Crippen LogP contribution in [-0.2, 0) is 6.42 Å². The Balaban J connectivity index is 2.49. The van der Waals surface area contributed by atoms with E-state index < -0.39 is 0 Å². The molecule has 2 rings (SSSR count). The smallest absolute Gasteiger partial charge is 0.139 e. The van der Waals surface area contributed by atoms with Crippen molar-refractivity contribution in [1.29, 1.82) is 0 Å². The van der Waals surface area contributed by atoms with E-state index in [4.69, 9.17) is 10.2 Å². The van der Waals surface area contributed by atoms with Crippen molar-refractivity contribution in [2.75, 3.05) is 6.54 Å². The van der Waals surface area contributed by atoms with Crippen LogP contribution >= 0.6 is 0 Å². The highest BCUT2D eigenvalue weighted by Gasteiger charge is 2.01. The van der Waals surface area contributed by atoms with E-state index in [1.54, 1.807) is 0 Å². The summed E-state index contributed by atoms with van der Waals surface area (Å²) in [5.74, 6) is 0.975. The zero-order valence-electron chi connectivity index (χ0n) is 7.71. The van der Waals surface area contributed by atoms with Gasteiger partial charge in [0.1, 0.15) is 19.2 Å². The highest BCUT2D eigenvalue weighted by molar-refractivity contribution is 6.33. The minimum atomic E-state index is 0.638. The molecule has 0 fully saturated rings. The monoisotopic (exact) mass is 173 g/mol. The molecule has 66 valence electrons. The van der Waals surface area contributed by atoms with Gasteiger partial charge in [-0.05, 0) is 18.7 Å². The van der Waals surface area contributed by atoms with E-state index in [-0.39, 0.29) is 0 Å². The average molecular weight is 173 g/mol. The largest absolute Gasteiger partial charge is 0.461 e. The first kappa shape index (κ1) is 8.39. The molecule has 0 aliphatic rings. The first-order chi connectivity index (χ1) is 6.29. The summed E-state index contributed by atoms with van der Waals surface area (Å²) in [6.45, 7) is 0.638. The summed E-state index contributed by atoms with van der Waals surface area (Å²) in [5, 5.41) is 1.16. The second-order valence-electron chi connectivity index (χ2n) is 3.29. The zero-order chi connectivity index (χ0) is 9.26. The van der Waals surface area contributed by atoms with Gasteiger partial charge in [-0.25, -0.2) is 0 Å². The summed E-state index contributed by atoms with van der Waals surface area (Å²) in [4.78, 5) is 0. The SMILES string of the molecule is Bc1ccc2cc(CCN)oc2c1. The van der Waals surface area contributed by atoms with Gasteiger partial charge in [-0.15, -0.1) is 0 Å². The van der Waals surface area contributed by atoms with Gasteiger partial charge < -0.3 is 10.2 Å². The van der Waals surface area contributed by atoms with Gasteiger partial charge in [0.15, 0.2) is 0 Å². The van der Waals surface area contributed by atoms with Crippen LogP contribution in [0.5, 0.6) is 0 Å². The lowest BCUT2D eigenvalue weighted by atomic mass is 9.96. The van der Waals surface area contributed by atoms with Crippen molar-refractivity contribution in [2.45, 2.75) is 6.42 Å². The zero-order valence-corrected chi connectivity index (χ0v) is 7.71. The Bertz CT molecular complexity index is 422. The highest BCUT2D eigenvalue weighted by atomic mass is 16.3. The molecule has 2 N–H and O–H groups in total. The lowest BCUT2D eigenvalue weighted by Crippen LogP contribution is -2.01. The van der Waals surface area contributed by atoms with E-state index in [0.29, 0.717) is 6.54 Å². The van der Waals surface area contributed by atoms with Crippen LogP contribution in [0.3, 0.4) is 0 Å². The van der Waals surface area contributed by atoms with E-state index in [1.165, 1.54) is 5.46 Å². The molecule has 0 unspecified atom stereocenters. The fraction of sp³-hybridized carbons (Fsp3) is 0.200. The maximum atomic E-state index is 5.61. The first-order valence-corrected chi connectivity index (χ1v) is 4.49. The molecule has 0 saturated carbocycles. The summed E-state index contributed by atoms with van der Waals surface area (Å²) in [5.41, 5.74) is 7.64. The molecule has 1 aromatic heterocycles. The molecule has 0 spiro atoms. The van der Waals surface area contributed by atoms with E-state index in [2.05, 4.69) is 32.1 Å². The summed E-state index contributed by atoms with van der Waals surface area (Å²) < 4.78 is 5.61. The van der Waals surface area contributed by atoms with Crippen LogP contribution in [0.15, 0.2) is 28.7 Å². The molecule has 2 nitrogen and oxygen atoms in total. The Labute approximate surface area is 78.1 Å². The number of nitrogens with two attached hydrogens (primary N) is 1. The topological polar surface area (TPSA) is 39.2 Å². The van der Waals surface area contributed by atoms with E-state index in [9.17, 15) is 0 Å². The number of rotatable bonds is 2. The molecule has 0 saturated heterocycles. The maximum absolute atomic E-state index is 5.61. The normalized spacial score (nSPS) is 10.8. The Morgan fingerprint density at radius 2 is 2.15 bits per heavy atom. The lowest BCUT2D eigenvalue weighted by molar-refractivity contribution is 0.550. The van der Waals surface area contributed by atoms with Gasteiger partial charge in [0.25, 0.3) is 0 Å². The van der Waals surface area contributed by atoms with Crippen LogP contribution in [0.25, 0.3) is 11.0 Å². The van der Waals surface area contributed by atoms with Crippen molar-refractivity contribution >= 4 is 24.3 Å². The standard InChI is InChI=1S/C10H12BNO/c11-8-2-1-7-5-9(3-4-12)13-10(7)6-8/h1-2,5-6H,3-4,11-12H2. The third kappa shape index (κ3) is 1.60. The van der Waals surface area contributed by atoms with Crippen LogP contribution in [0, 0.1) is 0 Å². The molecular formula is C10H12BNO. The quantitative estimate of drug-likeness (QED) is 0.658. The van der Waals surface area contributed by atoms with Gasteiger partial charge in [0.05, 0.1) is 0 Å². The molecule has 2 aromatic rings. The fourth-order valence-electron chi connectivity index (χ4n) is 1.46. The van der Waals surface area contributed by atoms with Crippen LogP contribution in [0.2, 0.25) is 0 Å². The molecule has 0 atom stereocenters. The average Bonchev–Trinajstić information content (AvgIpc) is 2.46. The summed E-state index contributed by atoms with van der Waals surface area (Å²) in [7, 11) is 2.06. The minimum Gasteiger partial charge on any atom is -0.461 e. The van der Waals surface area contributed by atoms with Gasteiger partial charge in [0.2, 0.25) is 0 Å². The van der Waals surface area contributed by atoms with Crippen molar-refractivity contribution in [3.05, 3.63) is 30.0 Å². The Morgan fingerprint density at radius 3 is 2.92 bits per heavy atom. The molecule has 1 aromatic carbocycles. The number of fused-ring (bicyclic) bond motifs is 1. The van der Waals surface area contributed by atoms with E-state index in [0.717, 1.165) is 23.2 Å². The van der Waals surface area contributed by atoms with Crippen molar-refractivity contribution in [3.63, 3.8) is 0 Å². The molecule has 0 bridgehead atoms. The molecular weight excluding hydrogens is 161 g/mol. The molecule has 0 amide bonds. The van der Waals surface area contributed by atoms with Gasteiger partial charge in [-0.1, -0.05) is 17.6 Å². The van der Waals surface area contributed by atoms with E-state index >= 15 is 0 Å². The number of hydrogen-bond donors (Lipinski definition) is 1. The molecule has 0 aliphatic carbocycles. The molecule has 0 aliphatic heterocycles. The fourth-order valence-corrected chi connectivity index (χ4v) is 1.46. The second-order valence-corrected chi connectivity index (χ2v) is 3.29. The van der Waals surface area contributed by atoms with Crippen molar-refractivity contribution < 1.29 is 4.42 Å². The highest BCUT2D eigenvalue weighted by Crippen LogP contribution is 2.17. The Kier molecular flexibility index (Phi) is 2.11. The third-order valence-corrected chi connectivity index (χ3v) is 2.12. The van der Waals surface area contributed by atoms with Crippen LogP contribution in [0.4, 0.5) is 0 Å². The molecule has 1 heterocycles. The maximum Gasteiger partial charge on any atom is 0.139 e. The summed E-state index contributed by atoms with van der Waals surface area (Å²) in [6, 6.07) is 8.27. The Hall–Kier alpha value is -1.22. The van der Waals surface area contributed by atoms with Gasteiger partial charge in [-0.3, -0.25) is 0 Å². The molecule has 0 radical (unpaired) electrons. The van der Waals surface area contributed by atoms with Crippen molar-refractivity contribution in [2.24, 2.45) is 5.73 Å². The number of benzene rings is 1.